The molecule has 2 aromatic rings. The maximum atomic E-state index is 12.9. The highest BCUT2D eigenvalue weighted by atomic mass is 16.7. The number of nitrogens with one attached hydrogen (secondary N) is 1. The maximum absolute atomic E-state index is 12.9. The number of piperazine rings is 1. The highest BCUT2D eigenvalue weighted by Crippen LogP contribution is 2.32. The number of hydrogen-bond acceptors (Lipinski definition) is 6. The molecule has 4 heterocycles. The number of carbonyl (C=O) groups excluding carboxylic acids is 1. The standard InChI is InChI=1S/C19H22N4O4/c24-19(18-14-11-25-8-3-15(14)20-21-18)23-6-4-22(5-7-23)10-13-1-2-16-17(9-13)27-12-26-16/h1-2,9H,3-8,10-12H2,(H,20,21). The van der Waals surface area contributed by atoms with Crippen LogP contribution in [0, 0.1) is 0 Å². The van der Waals surface area contributed by atoms with Crippen molar-refractivity contribution in [2.24, 2.45) is 0 Å². The third kappa shape index (κ3) is 3.15. The van der Waals surface area contributed by atoms with Crippen LogP contribution in [0.2, 0.25) is 0 Å². The predicted molar refractivity (Wildman–Crippen MR) is 95.7 cm³/mol. The van der Waals surface area contributed by atoms with Gasteiger partial charge in [0.2, 0.25) is 6.79 Å². The molecule has 8 heteroatoms. The molecule has 0 aliphatic carbocycles. The van der Waals surface area contributed by atoms with Crippen LogP contribution in [0.1, 0.15) is 27.3 Å². The molecule has 8 nitrogen and oxygen atoms in total. The number of aromatic nitrogens is 2. The number of rotatable bonds is 3. The Hall–Kier alpha value is -2.58. The Morgan fingerprint density at radius 3 is 2.89 bits per heavy atom. The average Bonchev–Trinajstić information content (AvgIpc) is 3.34. The zero-order valence-electron chi connectivity index (χ0n) is 15.1. The summed E-state index contributed by atoms with van der Waals surface area (Å²) in [5.41, 5.74) is 3.67. The fourth-order valence-electron chi connectivity index (χ4n) is 3.85. The Morgan fingerprint density at radius 1 is 1.15 bits per heavy atom. The zero-order valence-corrected chi connectivity index (χ0v) is 15.1. The van der Waals surface area contributed by atoms with Gasteiger partial charge >= 0.3 is 0 Å². The predicted octanol–water partition coefficient (Wildman–Crippen LogP) is 1.17. The van der Waals surface area contributed by atoms with Crippen molar-refractivity contribution >= 4 is 5.91 Å². The van der Waals surface area contributed by atoms with Crippen molar-refractivity contribution in [2.75, 3.05) is 39.6 Å². The summed E-state index contributed by atoms with van der Waals surface area (Å²) in [5.74, 6) is 1.62. The second-order valence-corrected chi connectivity index (χ2v) is 7.09. The lowest BCUT2D eigenvalue weighted by Gasteiger charge is -2.34. The molecule has 0 saturated carbocycles. The van der Waals surface area contributed by atoms with E-state index in [0.29, 0.717) is 38.8 Å². The molecule has 1 aromatic heterocycles. The van der Waals surface area contributed by atoms with Gasteiger partial charge in [-0.25, -0.2) is 0 Å². The number of ether oxygens (including phenoxy) is 3. The van der Waals surface area contributed by atoms with E-state index in [2.05, 4.69) is 21.2 Å². The van der Waals surface area contributed by atoms with E-state index in [1.54, 1.807) is 0 Å². The van der Waals surface area contributed by atoms with E-state index in [9.17, 15) is 4.79 Å². The molecule has 5 rings (SSSR count). The van der Waals surface area contributed by atoms with Gasteiger partial charge in [0.1, 0.15) is 0 Å². The summed E-state index contributed by atoms with van der Waals surface area (Å²) in [6.07, 6.45) is 0.791. The molecule has 27 heavy (non-hydrogen) atoms. The summed E-state index contributed by atoms with van der Waals surface area (Å²) in [6.45, 7) is 5.36. The molecule has 0 bridgehead atoms. The molecule has 142 valence electrons. The van der Waals surface area contributed by atoms with Gasteiger partial charge < -0.3 is 19.1 Å². The third-order valence-corrected chi connectivity index (χ3v) is 5.40. The van der Waals surface area contributed by atoms with Crippen LogP contribution >= 0.6 is 0 Å². The van der Waals surface area contributed by atoms with Gasteiger partial charge in [-0.2, -0.15) is 5.10 Å². The minimum atomic E-state index is 0.000675. The molecule has 1 fully saturated rings. The Morgan fingerprint density at radius 2 is 2.00 bits per heavy atom. The second kappa shape index (κ2) is 6.86. The van der Waals surface area contributed by atoms with Gasteiger partial charge in [0, 0.05) is 50.4 Å². The maximum Gasteiger partial charge on any atom is 0.274 e. The number of amides is 1. The topological polar surface area (TPSA) is 79.9 Å². The van der Waals surface area contributed by atoms with Crippen LogP contribution in [0.15, 0.2) is 18.2 Å². The summed E-state index contributed by atoms with van der Waals surface area (Å²) >= 11 is 0. The molecule has 1 aromatic carbocycles. The average molecular weight is 370 g/mol. The van der Waals surface area contributed by atoms with Crippen molar-refractivity contribution in [1.29, 1.82) is 0 Å². The monoisotopic (exact) mass is 370 g/mol. The summed E-state index contributed by atoms with van der Waals surface area (Å²) in [6, 6.07) is 6.07. The van der Waals surface area contributed by atoms with Crippen LogP contribution in [0.5, 0.6) is 11.5 Å². The number of H-pyrrole nitrogens is 1. The Balaban J connectivity index is 1.20. The molecule has 1 amide bonds. The molecule has 1 saturated heterocycles. The largest absolute Gasteiger partial charge is 0.454 e. The second-order valence-electron chi connectivity index (χ2n) is 7.09. The van der Waals surface area contributed by atoms with Gasteiger partial charge in [-0.3, -0.25) is 14.8 Å². The first kappa shape index (κ1) is 16.6. The number of nitrogens with zero attached hydrogens (tertiary/aromatic N) is 3. The number of fused-ring (bicyclic) bond motifs is 2. The highest BCUT2D eigenvalue weighted by Gasteiger charge is 2.28. The Kier molecular flexibility index (Phi) is 4.21. The highest BCUT2D eigenvalue weighted by molar-refractivity contribution is 5.94. The molecular weight excluding hydrogens is 348 g/mol. The lowest BCUT2D eigenvalue weighted by atomic mass is 10.1. The van der Waals surface area contributed by atoms with E-state index in [4.69, 9.17) is 14.2 Å². The molecule has 0 radical (unpaired) electrons. The van der Waals surface area contributed by atoms with Gasteiger partial charge in [-0.05, 0) is 17.7 Å². The van der Waals surface area contributed by atoms with Crippen molar-refractivity contribution in [3.8, 4) is 11.5 Å². The SMILES string of the molecule is O=C(c1n[nH]c2c1COCC2)N1CCN(Cc2ccc3c(c2)OCO3)CC1. The first-order chi connectivity index (χ1) is 13.3. The van der Waals surface area contributed by atoms with E-state index in [1.807, 2.05) is 17.0 Å². The van der Waals surface area contributed by atoms with Crippen molar-refractivity contribution in [2.45, 2.75) is 19.6 Å². The third-order valence-electron chi connectivity index (χ3n) is 5.40. The number of benzene rings is 1. The molecule has 0 unspecified atom stereocenters. The van der Waals surface area contributed by atoms with E-state index in [1.165, 1.54) is 5.56 Å². The quantitative estimate of drug-likeness (QED) is 0.874. The summed E-state index contributed by atoms with van der Waals surface area (Å²) in [7, 11) is 0. The smallest absolute Gasteiger partial charge is 0.274 e. The van der Waals surface area contributed by atoms with E-state index >= 15 is 0 Å². The Bertz CT molecular complexity index is 857. The molecule has 1 N–H and O–H groups in total. The van der Waals surface area contributed by atoms with Gasteiger partial charge in [0.15, 0.2) is 17.2 Å². The van der Waals surface area contributed by atoms with Crippen LogP contribution in [0.3, 0.4) is 0 Å². The minimum absolute atomic E-state index is 0.000675. The van der Waals surface area contributed by atoms with Gasteiger partial charge in [-0.1, -0.05) is 6.07 Å². The number of hydrogen-bond donors (Lipinski definition) is 1. The fraction of sp³-hybridized carbons (Fsp3) is 0.474. The fourth-order valence-corrected chi connectivity index (χ4v) is 3.85. The van der Waals surface area contributed by atoms with Gasteiger partial charge in [-0.15, -0.1) is 0 Å². The van der Waals surface area contributed by atoms with Crippen LogP contribution in [-0.2, 0) is 24.3 Å². The van der Waals surface area contributed by atoms with Gasteiger partial charge in [0.25, 0.3) is 5.91 Å². The molecule has 3 aliphatic rings. The van der Waals surface area contributed by atoms with Crippen LogP contribution in [-0.4, -0.2) is 65.5 Å². The van der Waals surface area contributed by atoms with E-state index in [-0.39, 0.29) is 5.91 Å². The van der Waals surface area contributed by atoms with Crippen molar-refractivity contribution in [1.82, 2.24) is 20.0 Å². The zero-order chi connectivity index (χ0) is 18.2. The van der Waals surface area contributed by atoms with Crippen molar-refractivity contribution < 1.29 is 19.0 Å². The van der Waals surface area contributed by atoms with Gasteiger partial charge in [0.05, 0.1) is 13.2 Å². The molecular formula is C19H22N4O4. The lowest BCUT2D eigenvalue weighted by molar-refractivity contribution is 0.0612. The number of aromatic amines is 1. The van der Waals surface area contributed by atoms with Crippen molar-refractivity contribution in [3.05, 3.63) is 40.7 Å². The summed E-state index contributed by atoms with van der Waals surface area (Å²) in [5, 5.41) is 7.26. The van der Waals surface area contributed by atoms with Crippen LogP contribution in [0.4, 0.5) is 0 Å². The van der Waals surface area contributed by atoms with E-state index < -0.39 is 0 Å². The van der Waals surface area contributed by atoms with Crippen molar-refractivity contribution in [3.63, 3.8) is 0 Å². The lowest BCUT2D eigenvalue weighted by Crippen LogP contribution is -2.48. The molecule has 3 aliphatic heterocycles. The molecule has 0 atom stereocenters. The summed E-state index contributed by atoms with van der Waals surface area (Å²) < 4.78 is 16.3. The number of carbonyl (C=O) groups is 1. The first-order valence-electron chi connectivity index (χ1n) is 9.32. The normalized spacial score (nSPS) is 19.2. The minimum Gasteiger partial charge on any atom is -0.454 e. The summed E-state index contributed by atoms with van der Waals surface area (Å²) in [4.78, 5) is 17.1. The van der Waals surface area contributed by atoms with Crippen LogP contribution in [0.25, 0.3) is 0 Å². The molecule has 0 spiro atoms. The Labute approximate surface area is 157 Å². The van der Waals surface area contributed by atoms with E-state index in [0.717, 1.165) is 48.8 Å². The first-order valence-corrected chi connectivity index (χ1v) is 9.32. The van der Waals surface area contributed by atoms with Crippen LogP contribution < -0.4 is 9.47 Å².